The van der Waals surface area contributed by atoms with Gasteiger partial charge in [0.25, 0.3) is 11.9 Å². The molecule has 2 heterocycles. The fourth-order valence-electron chi connectivity index (χ4n) is 1.69. The van der Waals surface area contributed by atoms with E-state index in [1.54, 1.807) is 19.1 Å². The fourth-order valence-corrected chi connectivity index (χ4v) is 1.69. The minimum absolute atomic E-state index is 0.0371. The Morgan fingerprint density at radius 1 is 1.11 bits per heavy atom. The van der Waals surface area contributed by atoms with Crippen LogP contribution in [0.3, 0.4) is 0 Å². The molecule has 0 fully saturated rings. The lowest BCUT2D eigenvalue weighted by Gasteiger charge is -2.19. The second-order valence-corrected chi connectivity index (χ2v) is 4.04. The fraction of sp³-hybridized carbons (Fsp3) is 0.250. The van der Waals surface area contributed by atoms with E-state index in [-0.39, 0.29) is 6.54 Å². The van der Waals surface area contributed by atoms with Gasteiger partial charge in [0.1, 0.15) is 17.2 Å². The van der Waals surface area contributed by atoms with Gasteiger partial charge < -0.3 is 9.32 Å². The smallest absolute Gasteiger partial charge is 0.253 e. The van der Waals surface area contributed by atoms with Gasteiger partial charge >= 0.3 is 0 Å². The van der Waals surface area contributed by atoms with Crippen molar-refractivity contribution in [2.24, 2.45) is 0 Å². The number of pyridine rings is 1. The molecule has 0 aromatic carbocycles. The van der Waals surface area contributed by atoms with Crippen LogP contribution in [-0.4, -0.2) is 12.0 Å². The summed E-state index contributed by atoms with van der Waals surface area (Å²) in [7, 11) is 1.29. The Hall–Kier alpha value is -2.05. The second-order valence-electron chi connectivity index (χ2n) is 4.04. The largest absolute Gasteiger partial charge is 0.464 e. The highest BCUT2D eigenvalue weighted by atomic mass is 19.2. The number of halogens is 4. The summed E-state index contributed by atoms with van der Waals surface area (Å²) in [5, 5.41) is 0. The zero-order valence-corrected chi connectivity index (χ0v) is 10.2. The SMILES string of the molecule is Cc1ccc(CN(C)c2c(F)c(F)nc(F)c2F)o1. The molecule has 2 aromatic heterocycles. The van der Waals surface area contributed by atoms with Crippen molar-refractivity contribution in [3.05, 3.63) is 47.2 Å². The molecular weight excluding hydrogens is 264 g/mol. The van der Waals surface area contributed by atoms with Crippen LogP contribution < -0.4 is 4.90 Å². The molecule has 0 unspecified atom stereocenters. The van der Waals surface area contributed by atoms with Gasteiger partial charge in [0.2, 0.25) is 11.6 Å². The van der Waals surface area contributed by atoms with E-state index in [0.717, 1.165) is 4.90 Å². The number of hydrogen-bond donors (Lipinski definition) is 0. The third-order valence-electron chi connectivity index (χ3n) is 2.55. The number of hydrogen-bond acceptors (Lipinski definition) is 3. The third kappa shape index (κ3) is 2.54. The Balaban J connectivity index is 2.36. The van der Waals surface area contributed by atoms with Crippen molar-refractivity contribution >= 4 is 5.69 Å². The van der Waals surface area contributed by atoms with Gasteiger partial charge in [-0.15, -0.1) is 0 Å². The molecule has 0 aliphatic heterocycles. The summed E-state index contributed by atoms with van der Waals surface area (Å²) in [6.45, 7) is 1.67. The number of furan rings is 1. The molecule has 0 saturated carbocycles. The molecule has 0 atom stereocenters. The average molecular weight is 274 g/mol. The molecule has 0 spiro atoms. The maximum Gasteiger partial charge on any atom is 0.253 e. The molecule has 0 radical (unpaired) electrons. The molecule has 0 aliphatic rings. The maximum absolute atomic E-state index is 13.5. The molecule has 7 heteroatoms. The van der Waals surface area contributed by atoms with E-state index in [4.69, 9.17) is 4.42 Å². The highest BCUT2D eigenvalue weighted by Crippen LogP contribution is 2.26. The topological polar surface area (TPSA) is 29.3 Å². The first-order chi connectivity index (χ1) is 8.90. The van der Waals surface area contributed by atoms with Gasteiger partial charge in [-0.1, -0.05) is 0 Å². The van der Waals surface area contributed by atoms with Crippen molar-refractivity contribution in [2.45, 2.75) is 13.5 Å². The normalized spacial score (nSPS) is 10.8. The lowest BCUT2D eigenvalue weighted by Crippen LogP contribution is -2.21. The molecule has 0 N–H and O–H groups in total. The second kappa shape index (κ2) is 4.91. The van der Waals surface area contributed by atoms with Crippen molar-refractivity contribution in [1.29, 1.82) is 0 Å². The number of rotatable bonds is 3. The third-order valence-corrected chi connectivity index (χ3v) is 2.55. The average Bonchev–Trinajstić information content (AvgIpc) is 2.72. The number of nitrogens with zero attached hydrogens (tertiary/aromatic N) is 2. The lowest BCUT2D eigenvalue weighted by molar-refractivity contribution is 0.404. The molecule has 0 amide bonds. The quantitative estimate of drug-likeness (QED) is 0.636. The zero-order chi connectivity index (χ0) is 14.2. The summed E-state index contributed by atoms with van der Waals surface area (Å²) in [5.41, 5.74) is -0.820. The molecule has 0 bridgehead atoms. The van der Waals surface area contributed by atoms with E-state index in [1.165, 1.54) is 7.05 Å². The van der Waals surface area contributed by atoms with Crippen LogP contribution in [0.4, 0.5) is 23.2 Å². The molecule has 2 aromatic rings. The molecule has 3 nitrogen and oxygen atoms in total. The van der Waals surface area contributed by atoms with E-state index in [2.05, 4.69) is 4.98 Å². The lowest BCUT2D eigenvalue weighted by atomic mass is 10.3. The van der Waals surface area contributed by atoms with Crippen LogP contribution in [0.1, 0.15) is 11.5 Å². The first-order valence-electron chi connectivity index (χ1n) is 5.36. The first kappa shape index (κ1) is 13.4. The minimum Gasteiger partial charge on any atom is -0.464 e. The van der Waals surface area contributed by atoms with Crippen molar-refractivity contribution in [3.63, 3.8) is 0 Å². The standard InChI is InChI=1S/C12H10F4N2O/c1-6-3-4-7(19-6)5-18(2)10-8(13)11(15)17-12(16)9(10)14/h3-4H,5H2,1-2H3. The zero-order valence-electron chi connectivity index (χ0n) is 10.2. The monoisotopic (exact) mass is 274 g/mol. The Morgan fingerprint density at radius 2 is 1.68 bits per heavy atom. The van der Waals surface area contributed by atoms with Gasteiger partial charge in [0.15, 0.2) is 0 Å². The van der Waals surface area contributed by atoms with E-state index in [9.17, 15) is 17.6 Å². The predicted molar refractivity (Wildman–Crippen MR) is 59.6 cm³/mol. The Bertz CT molecular complexity index is 586. The number of aryl methyl sites for hydroxylation is 1. The van der Waals surface area contributed by atoms with Crippen LogP contribution in [0.5, 0.6) is 0 Å². The Kier molecular flexibility index (Phi) is 3.46. The van der Waals surface area contributed by atoms with E-state index >= 15 is 0 Å². The van der Waals surface area contributed by atoms with E-state index in [0.29, 0.717) is 11.5 Å². The van der Waals surface area contributed by atoms with E-state index < -0.39 is 29.2 Å². The first-order valence-corrected chi connectivity index (χ1v) is 5.36. The highest BCUT2D eigenvalue weighted by Gasteiger charge is 2.24. The van der Waals surface area contributed by atoms with Crippen LogP contribution in [-0.2, 0) is 6.54 Å². The summed E-state index contributed by atoms with van der Waals surface area (Å²) in [4.78, 5) is 3.50. The molecule has 19 heavy (non-hydrogen) atoms. The van der Waals surface area contributed by atoms with Crippen LogP contribution in [0.15, 0.2) is 16.5 Å². The van der Waals surface area contributed by atoms with Crippen LogP contribution in [0.2, 0.25) is 0 Å². The molecule has 2 rings (SSSR count). The Labute approximate surface area is 106 Å². The number of aromatic nitrogens is 1. The van der Waals surface area contributed by atoms with Crippen LogP contribution in [0.25, 0.3) is 0 Å². The van der Waals surface area contributed by atoms with Gasteiger partial charge in [-0.25, -0.2) is 0 Å². The molecule has 0 saturated heterocycles. The predicted octanol–water partition coefficient (Wildman–Crippen LogP) is 3.18. The maximum atomic E-state index is 13.5. The van der Waals surface area contributed by atoms with Gasteiger partial charge in [-0.2, -0.15) is 22.5 Å². The summed E-state index contributed by atoms with van der Waals surface area (Å²) < 4.78 is 58.2. The van der Waals surface area contributed by atoms with Gasteiger partial charge in [-0.3, -0.25) is 0 Å². The molecule has 102 valence electrons. The summed E-state index contributed by atoms with van der Waals surface area (Å²) in [5.74, 6) is -5.41. The van der Waals surface area contributed by atoms with Crippen molar-refractivity contribution in [2.75, 3.05) is 11.9 Å². The minimum atomic E-state index is -1.68. The Morgan fingerprint density at radius 3 is 2.16 bits per heavy atom. The summed E-state index contributed by atoms with van der Waals surface area (Å²) >= 11 is 0. The summed E-state index contributed by atoms with van der Waals surface area (Å²) in [6, 6.07) is 3.28. The summed E-state index contributed by atoms with van der Waals surface area (Å²) in [6.07, 6.45) is 0. The highest BCUT2D eigenvalue weighted by molar-refractivity contribution is 5.47. The van der Waals surface area contributed by atoms with Gasteiger partial charge in [0.05, 0.1) is 6.54 Å². The van der Waals surface area contributed by atoms with Crippen LogP contribution >= 0.6 is 0 Å². The number of anilines is 1. The van der Waals surface area contributed by atoms with Gasteiger partial charge in [0, 0.05) is 7.05 Å². The van der Waals surface area contributed by atoms with E-state index in [1.807, 2.05) is 0 Å². The molecular formula is C12H10F4N2O. The van der Waals surface area contributed by atoms with Crippen molar-refractivity contribution in [3.8, 4) is 0 Å². The van der Waals surface area contributed by atoms with Gasteiger partial charge in [-0.05, 0) is 19.1 Å². The molecule has 0 aliphatic carbocycles. The van der Waals surface area contributed by atoms with Crippen molar-refractivity contribution in [1.82, 2.24) is 4.98 Å². The van der Waals surface area contributed by atoms with Crippen LogP contribution in [0, 0.1) is 30.5 Å². The van der Waals surface area contributed by atoms with Crippen molar-refractivity contribution < 1.29 is 22.0 Å².